The van der Waals surface area contributed by atoms with Gasteiger partial charge in [0.25, 0.3) is 0 Å². The predicted molar refractivity (Wildman–Crippen MR) is 156 cm³/mol. The summed E-state index contributed by atoms with van der Waals surface area (Å²) in [6.07, 6.45) is 22.2. The van der Waals surface area contributed by atoms with E-state index >= 15 is 0 Å². The highest BCUT2D eigenvalue weighted by atomic mass is 16.3. The topological polar surface area (TPSA) is 66.4 Å². The highest BCUT2D eigenvalue weighted by molar-refractivity contribution is 5.91. The van der Waals surface area contributed by atoms with Gasteiger partial charge in [0.1, 0.15) is 0 Å². The number of allylic oxidation sites excluding steroid dienone is 1. The molecule has 0 saturated heterocycles. The molecule has 0 aromatic carbocycles. The van der Waals surface area contributed by atoms with E-state index in [0.717, 1.165) is 57.9 Å². The minimum absolute atomic E-state index is 0.0456. The molecule has 0 spiro atoms. The Morgan fingerprint density at radius 3 is 2.37 bits per heavy atom. The van der Waals surface area contributed by atoms with Crippen LogP contribution in [0.5, 0.6) is 0 Å². The van der Waals surface area contributed by atoms with Crippen molar-refractivity contribution < 1.29 is 14.7 Å². The molecule has 4 aliphatic rings. The molecule has 3 saturated carbocycles. The number of fused-ring (bicyclic) bond motifs is 5. The summed E-state index contributed by atoms with van der Waals surface area (Å²) in [4.78, 5) is 24.1. The van der Waals surface area contributed by atoms with E-state index in [2.05, 4.69) is 39.1 Å². The van der Waals surface area contributed by atoms with Crippen LogP contribution in [-0.2, 0) is 9.59 Å². The fourth-order valence-electron chi connectivity index (χ4n) is 9.31. The third kappa shape index (κ3) is 6.11. The van der Waals surface area contributed by atoms with E-state index < -0.39 is 5.60 Å². The summed E-state index contributed by atoms with van der Waals surface area (Å²) < 4.78 is 0. The maximum Gasteiger partial charge on any atom is 0.219 e. The van der Waals surface area contributed by atoms with Crippen molar-refractivity contribution in [3.8, 4) is 0 Å². The number of hydrogen-bond acceptors (Lipinski definition) is 3. The third-order valence-corrected chi connectivity index (χ3v) is 12.0. The van der Waals surface area contributed by atoms with Gasteiger partial charge in [0.15, 0.2) is 5.78 Å². The Morgan fingerprint density at radius 1 is 0.947 bits per heavy atom. The fraction of sp³-hybridized carbons (Fsp3) is 0.882. The third-order valence-electron chi connectivity index (χ3n) is 12.0. The zero-order valence-electron chi connectivity index (χ0n) is 25.1. The summed E-state index contributed by atoms with van der Waals surface area (Å²) in [5.41, 5.74) is 1.17. The zero-order chi connectivity index (χ0) is 27.4. The van der Waals surface area contributed by atoms with Crippen molar-refractivity contribution in [3.63, 3.8) is 0 Å². The van der Waals surface area contributed by atoms with Crippen LogP contribution in [0, 0.1) is 34.5 Å². The van der Waals surface area contributed by atoms with Gasteiger partial charge < -0.3 is 10.4 Å². The molecule has 4 nitrogen and oxygen atoms in total. The first-order valence-corrected chi connectivity index (χ1v) is 16.4. The Labute approximate surface area is 233 Å². The molecule has 0 aromatic rings. The first-order chi connectivity index (χ1) is 18.1. The maximum atomic E-state index is 12.4. The molecular formula is C34H57NO3. The maximum absolute atomic E-state index is 12.4. The minimum Gasteiger partial charge on any atom is -0.390 e. The van der Waals surface area contributed by atoms with Crippen LogP contribution >= 0.6 is 0 Å². The number of rotatable bonds is 13. The first-order valence-electron chi connectivity index (χ1n) is 16.4. The van der Waals surface area contributed by atoms with Gasteiger partial charge >= 0.3 is 0 Å². The van der Waals surface area contributed by atoms with Crippen LogP contribution in [0.3, 0.4) is 0 Å². The first kappa shape index (κ1) is 29.8. The van der Waals surface area contributed by atoms with Gasteiger partial charge in [0.2, 0.25) is 5.91 Å². The molecule has 2 N–H and O–H groups in total. The fourth-order valence-corrected chi connectivity index (χ4v) is 9.31. The number of carbonyl (C=O) groups excluding carboxylic acids is 2. The van der Waals surface area contributed by atoms with Gasteiger partial charge in [-0.25, -0.2) is 0 Å². The van der Waals surface area contributed by atoms with E-state index in [1.165, 1.54) is 63.4 Å². The molecule has 0 aliphatic heterocycles. The molecule has 4 heteroatoms. The van der Waals surface area contributed by atoms with Gasteiger partial charge in [-0.15, -0.1) is 0 Å². The SMILES string of the molecule is CCCCC(=O)NCCCCCCCCC[C@@H]1CC2=CC(=O)CC[C@]2(C)[C@H]2CC[C@@]3(C)[C@@H](CC[C@]3(C)O)[C@H]12. The van der Waals surface area contributed by atoms with E-state index in [0.29, 0.717) is 35.9 Å². The predicted octanol–water partition coefficient (Wildman–Crippen LogP) is 7.92. The summed E-state index contributed by atoms with van der Waals surface area (Å²) in [5.74, 6) is 3.23. The molecule has 3 fully saturated rings. The largest absolute Gasteiger partial charge is 0.390 e. The summed E-state index contributed by atoms with van der Waals surface area (Å²) in [6, 6.07) is 0. The summed E-state index contributed by atoms with van der Waals surface area (Å²) in [7, 11) is 0. The van der Waals surface area contributed by atoms with Gasteiger partial charge in [0.05, 0.1) is 5.60 Å². The molecule has 4 rings (SSSR count). The molecule has 0 aromatic heterocycles. The average molecular weight is 528 g/mol. The Hall–Kier alpha value is -1.16. The summed E-state index contributed by atoms with van der Waals surface area (Å²) in [6.45, 7) is 9.94. The monoisotopic (exact) mass is 527 g/mol. The molecule has 1 amide bonds. The van der Waals surface area contributed by atoms with Crippen molar-refractivity contribution in [2.24, 2.45) is 34.5 Å². The highest BCUT2D eigenvalue weighted by Gasteiger charge is 2.64. The molecule has 4 aliphatic carbocycles. The van der Waals surface area contributed by atoms with Crippen LogP contribution in [0.1, 0.15) is 143 Å². The Bertz CT molecular complexity index is 862. The molecule has 0 radical (unpaired) electrons. The van der Waals surface area contributed by atoms with Gasteiger partial charge in [-0.3, -0.25) is 9.59 Å². The Morgan fingerprint density at radius 2 is 1.63 bits per heavy atom. The van der Waals surface area contributed by atoms with Crippen LogP contribution in [0.15, 0.2) is 11.6 Å². The second-order valence-electron chi connectivity index (χ2n) is 14.3. The minimum atomic E-state index is -0.537. The molecule has 0 unspecified atom stereocenters. The number of nitrogens with one attached hydrogen (secondary N) is 1. The zero-order valence-corrected chi connectivity index (χ0v) is 25.1. The smallest absolute Gasteiger partial charge is 0.219 e. The lowest BCUT2D eigenvalue weighted by molar-refractivity contribution is -0.135. The molecule has 7 atom stereocenters. The van der Waals surface area contributed by atoms with Crippen molar-refractivity contribution in [3.05, 3.63) is 11.6 Å². The Kier molecular flexibility index (Phi) is 9.86. The van der Waals surface area contributed by atoms with Gasteiger partial charge in [-0.2, -0.15) is 0 Å². The molecular weight excluding hydrogens is 470 g/mol. The lowest BCUT2D eigenvalue weighted by Crippen LogP contribution is -2.56. The van der Waals surface area contributed by atoms with Crippen molar-refractivity contribution in [1.82, 2.24) is 5.32 Å². The highest BCUT2D eigenvalue weighted by Crippen LogP contribution is 2.69. The summed E-state index contributed by atoms with van der Waals surface area (Å²) >= 11 is 0. The van der Waals surface area contributed by atoms with Gasteiger partial charge in [-0.1, -0.05) is 71.3 Å². The van der Waals surface area contributed by atoms with Crippen LogP contribution in [0.4, 0.5) is 0 Å². The normalized spacial score (nSPS) is 38.2. The molecule has 0 heterocycles. The second-order valence-corrected chi connectivity index (χ2v) is 14.3. The average Bonchev–Trinajstić information content (AvgIpc) is 3.13. The molecule has 38 heavy (non-hydrogen) atoms. The van der Waals surface area contributed by atoms with E-state index in [-0.39, 0.29) is 16.7 Å². The van der Waals surface area contributed by atoms with E-state index in [9.17, 15) is 14.7 Å². The van der Waals surface area contributed by atoms with E-state index in [4.69, 9.17) is 0 Å². The van der Waals surface area contributed by atoms with Gasteiger partial charge in [-0.05, 0) is 105 Å². The lowest BCUT2D eigenvalue weighted by atomic mass is 9.44. The van der Waals surface area contributed by atoms with Crippen molar-refractivity contribution >= 4 is 11.7 Å². The van der Waals surface area contributed by atoms with Crippen molar-refractivity contribution in [2.45, 2.75) is 149 Å². The van der Waals surface area contributed by atoms with Gasteiger partial charge in [0, 0.05) is 19.4 Å². The number of aliphatic hydroxyl groups is 1. The van der Waals surface area contributed by atoms with Crippen LogP contribution in [0.25, 0.3) is 0 Å². The molecule has 0 bridgehead atoms. The quantitative estimate of drug-likeness (QED) is 0.239. The summed E-state index contributed by atoms with van der Waals surface area (Å²) in [5, 5.41) is 14.4. The van der Waals surface area contributed by atoms with Crippen LogP contribution in [-0.4, -0.2) is 28.9 Å². The molecule has 216 valence electrons. The number of unbranched alkanes of at least 4 members (excludes halogenated alkanes) is 7. The van der Waals surface area contributed by atoms with Crippen molar-refractivity contribution in [1.29, 1.82) is 0 Å². The van der Waals surface area contributed by atoms with Crippen LogP contribution in [0.2, 0.25) is 0 Å². The number of amides is 1. The Balaban J connectivity index is 1.26. The lowest BCUT2D eigenvalue weighted by Gasteiger charge is -2.61. The number of hydrogen-bond donors (Lipinski definition) is 2. The van der Waals surface area contributed by atoms with E-state index in [1.54, 1.807) is 0 Å². The van der Waals surface area contributed by atoms with Crippen LogP contribution < -0.4 is 5.32 Å². The van der Waals surface area contributed by atoms with Crippen molar-refractivity contribution in [2.75, 3.05) is 6.54 Å². The number of ketones is 1. The second kappa shape index (κ2) is 12.6. The number of carbonyl (C=O) groups is 2. The standard InChI is InChI=1S/C34H57NO3/c1-5-6-15-30(37)35-22-13-11-9-7-8-10-12-14-25-23-26-24-27(36)16-19-32(26,2)28-17-20-33(3)29(31(25)28)18-21-34(33,4)38/h24-25,28-29,31,38H,5-23H2,1-4H3,(H,35,37)/t25-,28+,29+,31-,32+,33+,34+/m1/s1. The van der Waals surface area contributed by atoms with E-state index in [1.807, 2.05) is 0 Å².